The van der Waals surface area contributed by atoms with E-state index in [4.69, 9.17) is 0 Å². The van der Waals surface area contributed by atoms with Crippen LogP contribution < -0.4 is 5.32 Å². The van der Waals surface area contributed by atoms with Crippen LogP contribution in [0.2, 0.25) is 0 Å². The van der Waals surface area contributed by atoms with E-state index in [2.05, 4.69) is 54.1 Å². The lowest BCUT2D eigenvalue weighted by Gasteiger charge is -2.48. The van der Waals surface area contributed by atoms with Crippen LogP contribution in [0, 0.1) is 0 Å². The minimum Gasteiger partial charge on any atom is -0.314 e. The molecule has 0 radical (unpaired) electrons. The standard InChI is InChI=1S/C15H26N4/c1-15(2,19-10-8-16-9-11-19)14(18(3)4)13-6-5-7-17-12-13/h5-7,12,14,16H,8-11H2,1-4H3. The zero-order valence-electron chi connectivity index (χ0n) is 12.6. The minimum atomic E-state index is 0.0919. The topological polar surface area (TPSA) is 31.4 Å². The summed E-state index contributed by atoms with van der Waals surface area (Å²) in [6, 6.07) is 4.56. The summed E-state index contributed by atoms with van der Waals surface area (Å²) in [4.78, 5) is 9.18. The Balaban J connectivity index is 2.27. The quantitative estimate of drug-likeness (QED) is 0.888. The predicted octanol–water partition coefficient (Wildman–Crippen LogP) is 1.37. The van der Waals surface area contributed by atoms with Gasteiger partial charge in [-0.2, -0.15) is 0 Å². The number of hydrogen-bond acceptors (Lipinski definition) is 4. The first-order valence-corrected chi connectivity index (χ1v) is 7.05. The molecule has 2 heterocycles. The fourth-order valence-electron chi connectivity index (χ4n) is 3.29. The van der Waals surface area contributed by atoms with Crippen LogP contribution in [-0.2, 0) is 0 Å². The maximum atomic E-state index is 4.29. The second kappa shape index (κ2) is 5.99. The largest absolute Gasteiger partial charge is 0.314 e. The van der Waals surface area contributed by atoms with E-state index in [0.717, 1.165) is 26.2 Å². The van der Waals surface area contributed by atoms with Crippen LogP contribution in [0.5, 0.6) is 0 Å². The molecular formula is C15H26N4. The Bertz CT molecular complexity index is 382. The summed E-state index contributed by atoms with van der Waals surface area (Å²) in [6.45, 7) is 9.06. The fourth-order valence-corrected chi connectivity index (χ4v) is 3.29. The summed E-state index contributed by atoms with van der Waals surface area (Å²) in [5, 5.41) is 3.43. The van der Waals surface area contributed by atoms with Crippen molar-refractivity contribution in [3.05, 3.63) is 30.1 Å². The number of pyridine rings is 1. The highest BCUT2D eigenvalue weighted by Crippen LogP contribution is 2.34. The summed E-state index contributed by atoms with van der Waals surface area (Å²) in [6.07, 6.45) is 3.84. The Hall–Kier alpha value is -0.970. The predicted molar refractivity (Wildman–Crippen MR) is 79.2 cm³/mol. The molecule has 1 atom stereocenters. The van der Waals surface area contributed by atoms with Crippen molar-refractivity contribution in [3.63, 3.8) is 0 Å². The van der Waals surface area contributed by atoms with Gasteiger partial charge < -0.3 is 10.2 Å². The van der Waals surface area contributed by atoms with Gasteiger partial charge in [0.15, 0.2) is 0 Å². The van der Waals surface area contributed by atoms with Gasteiger partial charge in [0.1, 0.15) is 0 Å². The van der Waals surface area contributed by atoms with Crippen molar-refractivity contribution in [1.29, 1.82) is 0 Å². The fraction of sp³-hybridized carbons (Fsp3) is 0.667. The number of nitrogens with one attached hydrogen (secondary N) is 1. The molecule has 1 fully saturated rings. The highest BCUT2D eigenvalue weighted by molar-refractivity contribution is 5.19. The van der Waals surface area contributed by atoms with Crippen molar-refractivity contribution < 1.29 is 0 Å². The first-order valence-electron chi connectivity index (χ1n) is 7.05. The third-order valence-corrected chi connectivity index (χ3v) is 4.12. The lowest BCUT2D eigenvalue weighted by Crippen LogP contribution is -2.58. The van der Waals surface area contributed by atoms with Gasteiger partial charge in [-0.05, 0) is 39.6 Å². The van der Waals surface area contributed by atoms with Crippen LogP contribution in [0.1, 0.15) is 25.5 Å². The van der Waals surface area contributed by atoms with Crippen molar-refractivity contribution in [2.75, 3.05) is 40.3 Å². The van der Waals surface area contributed by atoms with Gasteiger partial charge in [-0.25, -0.2) is 0 Å². The van der Waals surface area contributed by atoms with Crippen LogP contribution in [0.3, 0.4) is 0 Å². The number of rotatable bonds is 4. The number of hydrogen-bond donors (Lipinski definition) is 1. The molecule has 1 aromatic heterocycles. The summed E-state index contributed by atoms with van der Waals surface area (Å²) in [7, 11) is 4.31. The van der Waals surface area contributed by atoms with Crippen LogP contribution in [0.25, 0.3) is 0 Å². The average molecular weight is 262 g/mol. The molecule has 19 heavy (non-hydrogen) atoms. The number of aromatic nitrogens is 1. The molecule has 0 aromatic carbocycles. The number of likely N-dealkylation sites (N-methyl/N-ethyl adjacent to an activating group) is 1. The Labute approximate surface area is 116 Å². The maximum Gasteiger partial charge on any atom is 0.0537 e. The van der Waals surface area contributed by atoms with E-state index >= 15 is 0 Å². The molecule has 0 spiro atoms. The number of nitrogens with zero attached hydrogens (tertiary/aromatic N) is 3. The van der Waals surface area contributed by atoms with E-state index < -0.39 is 0 Å². The van der Waals surface area contributed by atoms with Gasteiger partial charge in [-0.15, -0.1) is 0 Å². The van der Waals surface area contributed by atoms with Crippen LogP contribution in [0.15, 0.2) is 24.5 Å². The van der Waals surface area contributed by atoms with E-state index in [1.165, 1.54) is 5.56 Å². The minimum absolute atomic E-state index is 0.0919. The SMILES string of the molecule is CN(C)C(c1cccnc1)C(C)(C)N1CCNCC1. The van der Waals surface area contributed by atoms with E-state index in [9.17, 15) is 0 Å². The normalized spacial score (nSPS) is 19.6. The summed E-state index contributed by atoms with van der Waals surface area (Å²) in [5.74, 6) is 0. The Morgan fingerprint density at radius 1 is 1.32 bits per heavy atom. The molecule has 1 aliphatic rings. The van der Waals surface area contributed by atoms with E-state index in [1.807, 2.05) is 18.5 Å². The van der Waals surface area contributed by atoms with Crippen molar-refractivity contribution in [1.82, 2.24) is 20.1 Å². The van der Waals surface area contributed by atoms with E-state index in [0.29, 0.717) is 6.04 Å². The maximum absolute atomic E-state index is 4.29. The third-order valence-electron chi connectivity index (χ3n) is 4.12. The lowest BCUT2D eigenvalue weighted by molar-refractivity contribution is 0.0289. The molecule has 1 aromatic rings. The van der Waals surface area contributed by atoms with E-state index in [1.54, 1.807) is 0 Å². The van der Waals surface area contributed by atoms with Gasteiger partial charge in [-0.1, -0.05) is 6.07 Å². The van der Waals surface area contributed by atoms with Gasteiger partial charge in [0.2, 0.25) is 0 Å². The zero-order chi connectivity index (χ0) is 13.9. The molecular weight excluding hydrogens is 236 g/mol. The first kappa shape index (κ1) is 14.4. The van der Waals surface area contributed by atoms with Crippen LogP contribution in [0.4, 0.5) is 0 Å². The summed E-state index contributed by atoms with van der Waals surface area (Å²) >= 11 is 0. The Kier molecular flexibility index (Phi) is 4.55. The monoisotopic (exact) mass is 262 g/mol. The average Bonchev–Trinajstić information content (AvgIpc) is 2.40. The first-order chi connectivity index (χ1) is 9.03. The summed E-state index contributed by atoms with van der Waals surface area (Å²) < 4.78 is 0. The Morgan fingerprint density at radius 3 is 2.53 bits per heavy atom. The molecule has 0 bridgehead atoms. The molecule has 1 unspecified atom stereocenters. The van der Waals surface area contributed by atoms with Crippen LogP contribution in [-0.4, -0.2) is 60.6 Å². The summed E-state index contributed by atoms with van der Waals surface area (Å²) in [5.41, 5.74) is 1.38. The number of piperazine rings is 1. The molecule has 0 saturated carbocycles. The van der Waals surface area contributed by atoms with Gasteiger partial charge >= 0.3 is 0 Å². The molecule has 1 N–H and O–H groups in total. The molecule has 1 saturated heterocycles. The molecule has 4 heteroatoms. The van der Waals surface area contributed by atoms with Crippen molar-refractivity contribution in [2.24, 2.45) is 0 Å². The Morgan fingerprint density at radius 2 is 2.00 bits per heavy atom. The van der Waals surface area contributed by atoms with Gasteiger partial charge in [0.25, 0.3) is 0 Å². The molecule has 106 valence electrons. The highest BCUT2D eigenvalue weighted by Gasteiger charge is 2.38. The molecule has 0 amide bonds. The van der Waals surface area contributed by atoms with Crippen LogP contribution >= 0.6 is 0 Å². The zero-order valence-corrected chi connectivity index (χ0v) is 12.6. The van der Waals surface area contributed by atoms with Crippen molar-refractivity contribution >= 4 is 0 Å². The molecule has 0 aliphatic carbocycles. The molecule has 4 nitrogen and oxygen atoms in total. The second-order valence-electron chi connectivity index (χ2n) is 6.04. The smallest absolute Gasteiger partial charge is 0.0537 e. The van der Waals surface area contributed by atoms with Gasteiger partial charge in [0, 0.05) is 44.1 Å². The van der Waals surface area contributed by atoms with Crippen molar-refractivity contribution in [3.8, 4) is 0 Å². The lowest BCUT2D eigenvalue weighted by atomic mass is 9.86. The molecule has 1 aliphatic heterocycles. The second-order valence-corrected chi connectivity index (χ2v) is 6.04. The van der Waals surface area contributed by atoms with Gasteiger partial charge in [-0.3, -0.25) is 9.88 Å². The highest BCUT2D eigenvalue weighted by atomic mass is 15.3. The van der Waals surface area contributed by atoms with Crippen molar-refractivity contribution in [2.45, 2.75) is 25.4 Å². The third kappa shape index (κ3) is 3.14. The van der Waals surface area contributed by atoms with E-state index in [-0.39, 0.29) is 5.54 Å². The van der Waals surface area contributed by atoms with Gasteiger partial charge in [0.05, 0.1) is 6.04 Å². The molecule has 2 rings (SSSR count).